The quantitative estimate of drug-likeness (QED) is 0.606. The molecule has 4 rings (SSSR count). The van der Waals surface area contributed by atoms with Crippen molar-refractivity contribution in [3.63, 3.8) is 0 Å². The number of likely N-dealkylation sites (tertiary alicyclic amines) is 1. The lowest BCUT2D eigenvalue weighted by molar-refractivity contribution is -0.422. The number of nitrogens with zero attached hydrogens (tertiary/aromatic N) is 3. The molecule has 0 atom stereocenters. The van der Waals surface area contributed by atoms with Crippen molar-refractivity contribution in [3.05, 3.63) is 51.3 Å². The Hall–Kier alpha value is -2.83. The topological polar surface area (TPSA) is 88.6 Å². The van der Waals surface area contributed by atoms with Gasteiger partial charge in [0.25, 0.3) is 0 Å². The van der Waals surface area contributed by atoms with E-state index in [1.807, 2.05) is 12.1 Å². The van der Waals surface area contributed by atoms with Crippen LogP contribution in [0.25, 0.3) is 17.0 Å². The average Bonchev–Trinajstić information content (AvgIpc) is 3.43. The van der Waals surface area contributed by atoms with Crippen molar-refractivity contribution >= 4 is 23.1 Å². The average molecular weight is 383 g/mol. The number of fused-ring (bicyclic) bond motifs is 1. The van der Waals surface area contributed by atoms with Crippen molar-refractivity contribution in [1.29, 1.82) is 0 Å². The van der Waals surface area contributed by atoms with Gasteiger partial charge in [0.2, 0.25) is 5.70 Å². The van der Waals surface area contributed by atoms with Gasteiger partial charge in [-0.3, -0.25) is 10.1 Å². The van der Waals surface area contributed by atoms with E-state index >= 15 is 0 Å². The minimum Gasteiger partial charge on any atom is -0.465 e. The number of carboxylic acid groups (broad SMARTS) is 1. The van der Waals surface area contributed by atoms with Gasteiger partial charge >= 0.3 is 6.09 Å². The molecule has 1 aliphatic carbocycles. The maximum atomic E-state index is 11.2. The number of allylic oxidation sites excluding steroid dienone is 1. The highest BCUT2D eigenvalue weighted by molar-refractivity contribution is 5.87. The lowest BCUT2D eigenvalue weighted by Gasteiger charge is -2.31. The Morgan fingerprint density at radius 1 is 1.29 bits per heavy atom. The van der Waals surface area contributed by atoms with Crippen LogP contribution in [0.1, 0.15) is 49.8 Å². The molecule has 1 aromatic carbocycles. The van der Waals surface area contributed by atoms with Crippen LogP contribution in [-0.2, 0) is 6.54 Å². The van der Waals surface area contributed by atoms with E-state index in [-0.39, 0.29) is 10.6 Å². The molecule has 2 heterocycles. The fourth-order valence-electron chi connectivity index (χ4n) is 4.23. The third kappa shape index (κ3) is 3.61. The highest BCUT2D eigenvalue weighted by Crippen LogP contribution is 2.38. The predicted octanol–water partition coefficient (Wildman–Crippen LogP) is 4.55. The first-order valence-electron chi connectivity index (χ1n) is 9.86. The summed E-state index contributed by atoms with van der Waals surface area (Å²) in [6, 6.07) is 8.28. The van der Waals surface area contributed by atoms with E-state index in [9.17, 15) is 20.0 Å². The third-order valence-electron chi connectivity index (χ3n) is 5.97. The van der Waals surface area contributed by atoms with Gasteiger partial charge < -0.3 is 14.6 Å². The Balaban J connectivity index is 1.75. The molecule has 28 heavy (non-hydrogen) atoms. The predicted molar refractivity (Wildman–Crippen MR) is 107 cm³/mol. The smallest absolute Gasteiger partial charge is 0.407 e. The number of carbonyl (C=O) groups is 1. The number of para-hydroxylation sites is 1. The van der Waals surface area contributed by atoms with Gasteiger partial charge in [0.1, 0.15) is 0 Å². The van der Waals surface area contributed by atoms with Gasteiger partial charge in [-0.2, -0.15) is 0 Å². The van der Waals surface area contributed by atoms with Gasteiger partial charge in [0.05, 0.1) is 10.4 Å². The molecule has 0 unspecified atom stereocenters. The number of rotatable bonds is 5. The van der Waals surface area contributed by atoms with Crippen LogP contribution in [-0.4, -0.2) is 38.7 Å². The second kappa shape index (κ2) is 7.30. The zero-order valence-corrected chi connectivity index (χ0v) is 16.0. The third-order valence-corrected chi connectivity index (χ3v) is 5.97. The summed E-state index contributed by atoms with van der Waals surface area (Å²) in [7, 11) is 0. The summed E-state index contributed by atoms with van der Waals surface area (Å²) < 4.78 is 2.25. The monoisotopic (exact) mass is 383 g/mol. The SMILES string of the molecule is C/C(=C\c1cc2cccc(C3CCN(C(=O)O)CC3)c2n1CC1CC1)[N+](=O)[O-]. The molecule has 7 nitrogen and oxygen atoms in total. The molecular formula is C21H25N3O4. The standard InChI is InChI=1S/C21H25N3O4/c1-14(24(27)28)11-18-12-17-3-2-4-19(20(17)23(18)13-15-5-6-15)16-7-9-22(10-8-16)21(25)26/h2-4,11-12,15-16H,5-10,13H2,1H3,(H,25,26)/b14-11+. The molecule has 7 heteroatoms. The Labute approximate surface area is 163 Å². The molecule has 0 spiro atoms. The Bertz CT molecular complexity index is 950. The van der Waals surface area contributed by atoms with E-state index in [0.717, 1.165) is 36.0 Å². The van der Waals surface area contributed by atoms with Crippen LogP contribution in [0.15, 0.2) is 30.0 Å². The number of aromatic nitrogens is 1. The van der Waals surface area contributed by atoms with Crippen molar-refractivity contribution in [2.45, 2.75) is 45.1 Å². The highest BCUT2D eigenvalue weighted by Gasteiger charge is 2.28. The lowest BCUT2D eigenvalue weighted by Crippen LogP contribution is -2.36. The van der Waals surface area contributed by atoms with Crippen LogP contribution in [0.4, 0.5) is 4.79 Å². The minimum atomic E-state index is -0.851. The van der Waals surface area contributed by atoms with Crippen LogP contribution in [0, 0.1) is 16.0 Å². The van der Waals surface area contributed by atoms with Crippen LogP contribution < -0.4 is 0 Å². The molecule has 1 aliphatic heterocycles. The Kier molecular flexibility index (Phi) is 4.83. The van der Waals surface area contributed by atoms with Gasteiger partial charge in [-0.05, 0) is 49.1 Å². The fourth-order valence-corrected chi connectivity index (χ4v) is 4.23. The molecule has 1 amide bonds. The molecule has 1 saturated carbocycles. The molecule has 1 aromatic heterocycles. The zero-order valence-electron chi connectivity index (χ0n) is 16.0. The molecule has 148 valence electrons. The second-order valence-corrected chi connectivity index (χ2v) is 7.99. The van der Waals surface area contributed by atoms with Crippen molar-refractivity contribution in [2.24, 2.45) is 5.92 Å². The number of piperidine rings is 1. The minimum absolute atomic E-state index is 0.135. The zero-order chi connectivity index (χ0) is 19.8. The summed E-state index contributed by atoms with van der Waals surface area (Å²) in [4.78, 5) is 23.5. The van der Waals surface area contributed by atoms with Crippen LogP contribution >= 0.6 is 0 Å². The van der Waals surface area contributed by atoms with E-state index in [4.69, 9.17) is 0 Å². The molecule has 2 fully saturated rings. The van der Waals surface area contributed by atoms with E-state index < -0.39 is 6.09 Å². The second-order valence-electron chi connectivity index (χ2n) is 7.99. The first-order chi connectivity index (χ1) is 13.4. The summed E-state index contributed by atoms with van der Waals surface area (Å²) in [5.41, 5.74) is 3.41. The van der Waals surface area contributed by atoms with E-state index in [0.29, 0.717) is 24.9 Å². The maximum Gasteiger partial charge on any atom is 0.407 e. The number of benzene rings is 1. The first-order valence-corrected chi connectivity index (χ1v) is 9.86. The Morgan fingerprint density at radius 3 is 2.61 bits per heavy atom. The summed E-state index contributed by atoms with van der Waals surface area (Å²) in [6.45, 7) is 3.51. The van der Waals surface area contributed by atoms with Gasteiger partial charge in [-0.15, -0.1) is 0 Å². The van der Waals surface area contributed by atoms with Crippen molar-refractivity contribution in [1.82, 2.24) is 9.47 Å². The fraction of sp³-hybridized carbons (Fsp3) is 0.476. The van der Waals surface area contributed by atoms with Gasteiger partial charge in [-0.1, -0.05) is 18.2 Å². The van der Waals surface area contributed by atoms with E-state index in [2.05, 4.69) is 16.7 Å². The summed E-state index contributed by atoms with van der Waals surface area (Å²) >= 11 is 0. The Morgan fingerprint density at radius 2 is 2.00 bits per heavy atom. The number of nitro groups is 1. The highest BCUT2D eigenvalue weighted by atomic mass is 16.6. The normalized spacial score (nSPS) is 18.6. The van der Waals surface area contributed by atoms with Crippen LogP contribution in [0.3, 0.4) is 0 Å². The molecular weight excluding hydrogens is 358 g/mol. The largest absolute Gasteiger partial charge is 0.465 e. The number of hydrogen-bond acceptors (Lipinski definition) is 3. The van der Waals surface area contributed by atoms with Crippen LogP contribution in [0.2, 0.25) is 0 Å². The number of amides is 1. The molecule has 1 N–H and O–H groups in total. The summed E-state index contributed by atoms with van der Waals surface area (Å²) in [5.74, 6) is 0.946. The van der Waals surface area contributed by atoms with E-state index in [1.54, 1.807) is 6.08 Å². The van der Waals surface area contributed by atoms with Crippen molar-refractivity contribution in [2.75, 3.05) is 13.1 Å². The van der Waals surface area contributed by atoms with Crippen molar-refractivity contribution < 1.29 is 14.8 Å². The van der Waals surface area contributed by atoms with Crippen molar-refractivity contribution in [3.8, 4) is 0 Å². The molecule has 1 saturated heterocycles. The number of hydrogen-bond donors (Lipinski definition) is 1. The van der Waals surface area contributed by atoms with Gasteiger partial charge in [0.15, 0.2) is 0 Å². The lowest BCUT2D eigenvalue weighted by atomic mass is 9.88. The summed E-state index contributed by atoms with van der Waals surface area (Å²) in [5, 5.41) is 21.4. The summed E-state index contributed by atoms with van der Waals surface area (Å²) in [6.07, 6.45) is 4.83. The van der Waals surface area contributed by atoms with Gasteiger partial charge in [-0.25, -0.2) is 4.79 Å². The first kappa shape index (κ1) is 18.5. The molecule has 2 aromatic rings. The molecule has 0 radical (unpaired) electrons. The maximum absolute atomic E-state index is 11.2. The van der Waals surface area contributed by atoms with E-state index in [1.165, 1.54) is 30.2 Å². The van der Waals surface area contributed by atoms with Crippen LogP contribution in [0.5, 0.6) is 0 Å². The molecule has 0 bridgehead atoms. The van der Waals surface area contributed by atoms with Gasteiger partial charge in [0, 0.05) is 43.7 Å². The molecule has 2 aliphatic rings.